The first-order valence-corrected chi connectivity index (χ1v) is 6.63. The van der Waals surface area contributed by atoms with E-state index in [0.717, 1.165) is 0 Å². The molecule has 0 unspecified atom stereocenters. The highest BCUT2D eigenvalue weighted by molar-refractivity contribution is 8.13. The topological polar surface area (TPSA) is 77.9 Å². The number of rotatable bonds is 2. The molecule has 0 N–H and O–H groups in total. The van der Waals surface area contributed by atoms with Gasteiger partial charge < -0.3 is 9.57 Å². The van der Waals surface area contributed by atoms with Gasteiger partial charge in [-0.15, -0.1) is 0 Å². The standard InChI is InChI=1S/C8H7ClN2O4S/c9-16(12,13)8-6(2-1-3-10-8)7-11-15-5-4-14-7/h1-3H,4-5H2. The number of nitrogens with zero attached hydrogens (tertiary/aromatic N) is 2. The molecule has 0 saturated heterocycles. The van der Waals surface area contributed by atoms with Gasteiger partial charge in [-0.2, -0.15) is 0 Å². The molecule has 0 spiro atoms. The molecule has 1 aromatic heterocycles. The Morgan fingerprint density at radius 3 is 2.81 bits per heavy atom. The molecule has 0 saturated carbocycles. The highest BCUT2D eigenvalue weighted by atomic mass is 35.7. The fourth-order valence-corrected chi connectivity index (χ4v) is 2.15. The number of oxime groups is 1. The lowest BCUT2D eigenvalue weighted by molar-refractivity contribution is 0.0653. The van der Waals surface area contributed by atoms with E-state index in [1.54, 1.807) is 6.07 Å². The van der Waals surface area contributed by atoms with Crippen LogP contribution in [0.5, 0.6) is 0 Å². The van der Waals surface area contributed by atoms with Crippen LogP contribution in [0.15, 0.2) is 28.5 Å². The summed E-state index contributed by atoms with van der Waals surface area (Å²) in [6.45, 7) is 0.627. The van der Waals surface area contributed by atoms with Crippen molar-refractivity contribution in [1.82, 2.24) is 4.98 Å². The Bertz CT molecular complexity index is 529. The fraction of sp³-hybridized carbons (Fsp3) is 0.250. The van der Waals surface area contributed by atoms with E-state index in [4.69, 9.17) is 20.3 Å². The van der Waals surface area contributed by atoms with E-state index in [2.05, 4.69) is 10.1 Å². The highest BCUT2D eigenvalue weighted by Crippen LogP contribution is 2.19. The van der Waals surface area contributed by atoms with E-state index < -0.39 is 9.05 Å². The van der Waals surface area contributed by atoms with Gasteiger partial charge in [0.15, 0.2) is 11.6 Å². The zero-order chi connectivity index (χ0) is 11.6. The van der Waals surface area contributed by atoms with Crippen molar-refractivity contribution >= 4 is 25.6 Å². The van der Waals surface area contributed by atoms with Gasteiger partial charge in [0.2, 0.25) is 0 Å². The van der Waals surface area contributed by atoms with Crippen LogP contribution in [0.2, 0.25) is 0 Å². The molecule has 8 heteroatoms. The molecular weight excluding hydrogens is 256 g/mol. The lowest BCUT2D eigenvalue weighted by Crippen LogP contribution is -2.19. The van der Waals surface area contributed by atoms with Gasteiger partial charge in [-0.05, 0) is 17.3 Å². The normalized spacial score (nSPS) is 15.9. The minimum atomic E-state index is -3.94. The van der Waals surface area contributed by atoms with Crippen LogP contribution in [0.4, 0.5) is 0 Å². The van der Waals surface area contributed by atoms with E-state index in [-0.39, 0.29) is 16.5 Å². The summed E-state index contributed by atoms with van der Waals surface area (Å²) < 4.78 is 27.7. The van der Waals surface area contributed by atoms with Gasteiger partial charge in [-0.1, -0.05) is 0 Å². The van der Waals surface area contributed by atoms with Crippen LogP contribution in [-0.2, 0) is 18.6 Å². The van der Waals surface area contributed by atoms with Gasteiger partial charge >= 0.3 is 0 Å². The Labute approximate surface area is 96.2 Å². The largest absolute Gasteiger partial charge is 0.471 e. The molecule has 0 radical (unpaired) electrons. The van der Waals surface area contributed by atoms with Gasteiger partial charge in [0.05, 0.1) is 5.56 Å². The first-order valence-electron chi connectivity index (χ1n) is 4.32. The molecule has 0 atom stereocenters. The van der Waals surface area contributed by atoms with Crippen molar-refractivity contribution in [2.24, 2.45) is 5.16 Å². The molecule has 6 nitrogen and oxygen atoms in total. The number of pyridine rings is 1. The summed E-state index contributed by atoms with van der Waals surface area (Å²) in [5.41, 5.74) is 0.192. The van der Waals surface area contributed by atoms with Gasteiger partial charge in [0.25, 0.3) is 14.9 Å². The molecule has 0 amide bonds. The van der Waals surface area contributed by atoms with Crippen molar-refractivity contribution in [3.8, 4) is 0 Å². The van der Waals surface area contributed by atoms with Crippen LogP contribution < -0.4 is 0 Å². The molecule has 0 fully saturated rings. The Morgan fingerprint density at radius 1 is 1.38 bits per heavy atom. The number of aromatic nitrogens is 1. The van der Waals surface area contributed by atoms with E-state index >= 15 is 0 Å². The Hall–Kier alpha value is -1.34. The van der Waals surface area contributed by atoms with Crippen molar-refractivity contribution in [1.29, 1.82) is 0 Å². The second-order valence-corrected chi connectivity index (χ2v) is 5.35. The Kier molecular flexibility index (Phi) is 2.97. The molecule has 0 bridgehead atoms. The predicted octanol–water partition coefficient (Wildman–Crippen LogP) is 0.718. The lowest BCUT2D eigenvalue weighted by Gasteiger charge is -2.14. The van der Waals surface area contributed by atoms with Crippen LogP contribution >= 0.6 is 10.7 Å². The van der Waals surface area contributed by atoms with Crippen LogP contribution in [0, 0.1) is 0 Å². The minimum absolute atomic E-state index is 0.0681. The molecule has 1 aromatic rings. The summed E-state index contributed by atoms with van der Waals surface area (Å²) in [4.78, 5) is 8.49. The summed E-state index contributed by atoms with van der Waals surface area (Å²) in [6, 6.07) is 3.05. The molecule has 0 aliphatic carbocycles. The lowest BCUT2D eigenvalue weighted by atomic mass is 10.3. The minimum Gasteiger partial charge on any atom is -0.471 e. The second kappa shape index (κ2) is 4.26. The number of halogens is 1. The van der Waals surface area contributed by atoms with Gasteiger partial charge in [0.1, 0.15) is 6.61 Å². The molecule has 1 aliphatic heterocycles. The molecule has 2 rings (SSSR count). The monoisotopic (exact) mass is 262 g/mol. The SMILES string of the molecule is O=S(=O)(Cl)c1ncccc1C1=NOCCO1. The van der Waals surface area contributed by atoms with Crippen molar-refractivity contribution < 1.29 is 18.0 Å². The first-order chi connectivity index (χ1) is 7.59. The van der Waals surface area contributed by atoms with E-state index in [9.17, 15) is 8.42 Å². The maximum absolute atomic E-state index is 11.2. The first kappa shape index (κ1) is 11.2. The molecule has 16 heavy (non-hydrogen) atoms. The summed E-state index contributed by atoms with van der Waals surface area (Å²) >= 11 is 0. The molecule has 1 aliphatic rings. The van der Waals surface area contributed by atoms with Crippen LogP contribution in [-0.4, -0.2) is 32.5 Å². The van der Waals surface area contributed by atoms with Gasteiger partial charge in [0, 0.05) is 16.9 Å². The summed E-state index contributed by atoms with van der Waals surface area (Å²) in [7, 11) is 1.30. The second-order valence-electron chi connectivity index (χ2n) is 2.87. The molecular formula is C8H7ClN2O4S. The Morgan fingerprint density at radius 2 is 2.19 bits per heavy atom. The average molecular weight is 263 g/mol. The maximum Gasteiger partial charge on any atom is 0.279 e. The predicted molar refractivity (Wildman–Crippen MR) is 55.7 cm³/mol. The third-order valence-electron chi connectivity index (χ3n) is 1.79. The zero-order valence-corrected chi connectivity index (χ0v) is 9.53. The van der Waals surface area contributed by atoms with Crippen molar-refractivity contribution in [3.05, 3.63) is 23.9 Å². The van der Waals surface area contributed by atoms with Crippen LogP contribution in [0.25, 0.3) is 0 Å². The van der Waals surface area contributed by atoms with E-state index in [0.29, 0.717) is 13.2 Å². The Balaban J connectivity index is 2.52. The fourth-order valence-electron chi connectivity index (χ4n) is 1.18. The third-order valence-corrected chi connectivity index (χ3v) is 3.02. The van der Waals surface area contributed by atoms with Gasteiger partial charge in [-0.3, -0.25) is 0 Å². The van der Waals surface area contributed by atoms with Crippen LogP contribution in [0.3, 0.4) is 0 Å². The highest BCUT2D eigenvalue weighted by Gasteiger charge is 2.23. The average Bonchev–Trinajstić information content (AvgIpc) is 2.29. The van der Waals surface area contributed by atoms with E-state index in [1.807, 2.05) is 0 Å². The molecule has 0 aromatic carbocycles. The summed E-state index contributed by atoms with van der Waals surface area (Å²) in [5.74, 6) is 0.0681. The van der Waals surface area contributed by atoms with Crippen molar-refractivity contribution in [2.45, 2.75) is 5.03 Å². The van der Waals surface area contributed by atoms with Gasteiger partial charge in [-0.25, -0.2) is 13.4 Å². The smallest absolute Gasteiger partial charge is 0.279 e. The molecule has 86 valence electrons. The molecule has 2 heterocycles. The van der Waals surface area contributed by atoms with E-state index in [1.165, 1.54) is 12.3 Å². The number of ether oxygens (including phenoxy) is 1. The van der Waals surface area contributed by atoms with Crippen LogP contribution in [0.1, 0.15) is 5.56 Å². The number of hydrogen-bond acceptors (Lipinski definition) is 6. The quantitative estimate of drug-likeness (QED) is 0.734. The van der Waals surface area contributed by atoms with Crippen molar-refractivity contribution in [2.75, 3.05) is 13.2 Å². The van der Waals surface area contributed by atoms with Crippen molar-refractivity contribution in [3.63, 3.8) is 0 Å². The summed E-state index contributed by atoms with van der Waals surface area (Å²) in [5, 5.41) is 3.31. The zero-order valence-electron chi connectivity index (χ0n) is 7.96. The maximum atomic E-state index is 11.2. The third kappa shape index (κ3) is 2.25. The number of hydrogen-bond donors (Lipinski definition) is 0. The summed E-state index contributed by atoms with van der Waals surface area (Å²) in [6.07, 6.45) is 1.32.